The summed E-state index contributed by atoms with van der Waals surface area (Å²) >= 11 is 0. The van der Waals surface area contributed by atoms with Crippen LogP contribution in [0.3, 0.4) is 0 Å². The Labute approximate surface area is 183 Å². The molecule has 2 amide bonds. The number of carboxylic acid groups (broad SMARTS) is 1. The van der Waals surface area contributed by atoms with Crippen molar-refractivity contribution in [2.45, 2.75) is 24.4 Å². The van der Waals surface area contributed by atoms with Crippen LogP contribution in [0.5, 0.6) is 0 Å². The molecule has 0 aliphatic carbocycles. The summed E-state index contributed by atoms with van der Waals surface area (Å²) in [5.41, 5.74) is 8.08. The molecule has 0 spiro atoms. The molecule has 2 rings (SSSR count). The summed E-state index contributed by atoms with van der Waals surface area (Å²) in [6, 6.07) is 9.27. The fourth-order valence-corrected chi connectivity index (χ4v) is 3.75. The molecule has 0 aliphatic rings. The lowest BCUT2D eigenvalue weighted by Crippen LogP contribution is -2.63. The van der Waals surface area contributed by atoms with Crippen LogP contribution in [-0.2, 0) is 14.8 Å². The summed E-state index contributed by atoms with van der Waals surface area (Å²) in [6.07, 6.45) is 0. The number of furan rings is 1. The Morgan fingerprint density at radius 1 is 1.12 bits per heavy atom. The number of amides is 2. The van der Waals surface area contributed by atoms with Crippen molar-refractivity contribution in [1.82, 2.24) is 15.0 Å². The van der Waals surface area contributed by atoms with Crippen molar-refractivity contribution in [2.24, 2.45) is 16.6 Å². The van der Waals surface area contributed by atoms with Gasteiger partial charge in [0.2, 0.25) is 21.6 Å². The van der Waals surface area contributed by atoms with Gasteiger partial charge in [0.05, 0.1) is 4.90 Å². The molecule has 32 heavy (non-hydrogen) atoms. The molecule has 0 saturated carbocycles. The molecule has 7 N–H and O–H groups in total. The number of nitrogens with two attached hydrogens (primary N) is 2. The van der Waals surface area contributed by atoms with E-state index in [9.17, 15) is 27.9 Å². The number of carbonyl (C=O) groups excluding carboxylic acids is 2. The average molecular weight is 466 g/mol. The van der Waals surface area contributed by atoms with Crippen molar-refractivity contribution < 1.29 is 32.3 Å². The minimum Gasteiger partial charge on any atom is -0.478 e. The monoisotopic (exact) mass is 466 g/mol. The molecule has 0 unspecified atom stereocenters. The van der Waals surface area contributed by atoms with Gasteiger partial charge in [0, 0.05) is 6.54 Å². The summed E-state index contributed by atoms with van der Waals surface area (Å²) < 4.78 is 32.2. The number of benzene rings is 1. The first kappa shape index (κ1) is 24.4. The van der Waals surface area contributed by atoms with Crippen LogP contribution in [0.15, 0.2) is 56.9 Å². The summed E-state index contributed by atoms with van der Waals surface area (Å²) in [6.45, 7) is 2.63. The van der Waals surface area contributed by atoms with Gasteiger partial charge in [0.25, 0.3) is 5.91 Å². The second kappa shape index (κ2) is 9.49. The van der Waals surface area contributed by atoms with E-state index >= 15 is 0 Å². The highest BCUT2D eigenvalue weighted by Gasteiger charge is 2.40. The Morgan fingerprint density at radius 3 is 2.25 bits per heavy atom. The number of nitrogens with zero attached hydrogens (tertiary/aromatic N) is 2. The highest BCUT2D eigenvalue weighted by molar-refractivity contribution is 7.89. The van der Waals surface area contributed by atoms with Crippen LogP contribution in [0.1, 0.15) is 35.0 Å². The van der Waals surface area contributed by atoms with Gasteiger partial charge < -0.3 is 26.3 Å². The molecule has 1 heterocycles. The zero-order chi connectivity index (χ0) is 24.1. The first-order valence-corrected chi connectivity index (χ1v) is 10.5. The number of sulfonamides is 1. The third-order valence-electron chi connectivity index (χ3n) is 3.99. The van der Waals surface area contributed by atoms with E-state index in [4.69, 9.17) is 15.9 Å². The van der Waals surface area contributed by atoms with Gasteiger partial charge in [-0.25, -0.2) is 18.2 Å². The summed E-state index contributed by atoms with van der Waals surface area (Å²) in [7, 11) is -4.30. The zero-order valence-electron chi connectivity index (χ0n) is 17.1. The maximum Gasteiger partial charge on any atom is 0.345 e. The maximum absolute atomic E-state index is 12.5. The average Bonchev–Trinajstić information content (AvgIpc) is 3.22. The topological polar surface area (TPSA) is 210 Å². The van der Waals surface area contributed by atoms with Crippen molar-refractivity contribution in [3.05, 3.63) is 54.0 Å². The smallest absolute Gasteiger partial charge is 0.345 e. The largest absolute Gasteiger partial charge is 0.478 e. The first-order valence-electron chi connectivity index (χ1n) is 9.06. The predicted octanol–water partition coefficient (Wildman–Crippen LogP) is -0.561. The number of hydrogen-bond donors (Lipinski definition) is 5. The minimum atomic E-state index is -4.30. The van der Waals surface area contributed by atoms with Crippen LogP contribution in [0.25, 0.3) is 0 Å². The molecule has 172 valence electrons. The van der Waals surface area contributed by atoms with Gasteiger partial charge in [-0.05, 0) is 38.1 Å². The van der Waals surface area contributed by atoms with E-state index in [2.05, 4.69) is 5.10 Å². The molecule has 1 aromatic heterocycles. The number of hydrazone groups is 1. The van der Waals surface area contributed by atoms with Gasteiger partial charge in [-0.3, -0.25) is 9.59 Å². The number of carboxylic acids is 1. The van der Waals surface area contributed by atoms with Crippen LogP contribution in [-0.4, -0.2) is 54.5 Å². The van der Waals surface area contributed by atoms with Crippen molar-refractivity contribution in [1.29, 1.82) is 0 Å². The Hall–Kier alpha value is -3.91. The Bertz CT molecular complexity index is 1140. The lowest BCUT2D eigenvalue weighted by Gasteiger charge is -2.26. The Morgan fingerprint density at radius 2 is 1.72 bits per heavy atom. The molecule has 0 saturated heterocycles. The van der Waals surface area contributed by atoms with Gasteiger partial charge in [-0.15, -0.1) is 5.10 Å². The van der Waals surface area contributed by atoms with Crippen LogP contribution in [0.2, 0.25) is 0 Å². The van der Waals surface area contributed by atoms with Gasteiger partial charge in [-0.2, -0.15) is 4.72 Å². The van der Waals surface area contributed by atoms with Crippen molar-refractivity contribution in [3.8, 4) is 0 Å². The molecular formula is C18H22N6O7S. The predicted molar refractivity (Wildman–Crippen MR) is 111 cm³/mol. The molecule has 14 heteroatoms. The van der Waals surface area contributed by atoms with Crippen molar-refractivity contribution in [3.63, 3.8) is 0 Å². The molecule has 0 bridgehead atoms. The zero-order valence-corrected chi connectivity index (χ0v) is 17.9. The number of carbonyl (C=O) groups is 3. The fraction of sp³-hybridized carbons (Fsp3) is 0.222. The minimum absolute atomic E-state index is 0.0946. The van der Waals surface area contributed by atoms with E-state index in [1.54, 1.807) is 13.0 Å². The number of aliphatic carboxylic acids is 1. The van der Waals surface area contributed by atoms with Crippen molar-refractivity contribution in [2.75, 3.05) is 6.54 Å². The number of rotatable bonds is 9. The van der Waals surface area contributed by atoms with Gasteiger partial charge in [-0.1, -0.05) is 18.2 Å². The van der Waals surface area contributed by atoms with Gasteiger partial charge in [0.15, 0.2) is 11.5 Å². The molecule has 1 aromatic carbocycles. The van der Waals surface area contributed by atoms with E-state index in [-0.39, 0.29) is 23.2 Å². The van der Waals surface area contributed by atoms with E-state index in [1.165, 1.54) is 24.3 Å². The molecular weight excluding hydrogens is 444 g/mol. The van der Waals surface area contributed by atoms with Crippen LogP contribution >= 0.6 is 0 Å². The normalized spacial score (nSPS) is 12.9. The Kier molecular flexibility index (Phi) is 7.22. The molecule has 0 fully saturated rings. The molecule has 0 radical (unpaired) electrons. The highest BCUT2D eigenvalue weighted by Crippen LogP contribution is 2.15. The number of hydrogen-bond acceptors (Lipinski definition) is 7. The maximum atomic E-state index is 12.5. The second-order valence-corrected chi connectivity index (χ2v) is 8.19. The van der Waals surface area contributed by atoms with Crippen LogP contribution < -0.4 is 21.5 Å². The molecule has 1 atom stereocenters. The van der Waals surface area contributed by atoms with Gasteiger partial charge in [0.1, 0.15) is 0 Å². The first-order chi connectivity index (χ1) is 14.9. The van der Waals surface area contributed by atoms with E-state index in [0.29, 0.717) is 0 Å². The van der Waals surface area contributed by atoms with Crippen LogP contribution in [0, 0.1) is 0 Å². The number of nitrogens with one attached hydrogen (secondary N) is 2. The standard InChI is InChI=1S/C18H22N6O7S/c1-3-24(22-17(19)20)15(26)13-10-9-12(31-13)14(25)21-18(2,16(27)28)23-32(29,30)11-7-5-4-6-8-11/h4-10,23H,3H2,1-2H3,(H,21,25)(H,27,28)(H4,19,20,22)/t18-/m0/s1. The van der Waals surface area contributed by atoms with E-state index in [1.807, 2.05) is 10.0 Å². The number of guanidine groups is 1. The fourth-order valence-electron chi connectivity index (χ4n) is 2.44. The third-order valence-corrected chi connectivity index (χ3v) is 5.56. The summed E-state index contributed by atoms with van der Waals surface area (Å²) in [5, 5.41) is 16.1. The lowest BCUT2D eigenvalue weighted by atomic mass is 10.2. The SMILES string of the molecule is CCN(N=C(N)N)C(=O)c1ccc(C(=O)N[C@@](C)(NS(=O)(=O)c2ccccc2)C(=O)O)o1. The molecule has 13 nitrogen and oxygen atoms in total. The molecule has 0 aliphatic heterocycles. The Balaban J connectivity index is 2.25. The summed E-state index contributed by atoms with van der Waals surface area (Å²) in [4.78, 5) is 36.5. The lowest BCUT2D eigenvalue weighted by molar-refractivity contribution is -0.144. The highest BCUT2D eigenvalue weighted by atomic mass is 32.2. The van der Waals surface area contributed by atoms with E-state index in [0.717, 1.165) is 24.1 Å². The second-order valence-electron chi connectivity index (χ2n) is 6.51. The third kappa shape index (κ3) is 5.61. The quantitative estimate of drug-likeness (QED) is 0.138. The summed E-state index contributed by atoms with van der Waals surface area (Å²) in [5.74, 6) is -4.64. The van der Waals surface area contributed by atoms with Crippen molar-refractivity contribution >= 4 is 33.8 Å². The molecule has 2 aromatic rings. The van der Waals surface area contributed by atoms with Gasteiger partial charge >= 0.3 is 11.9 Å². The van der Waals surface area contributed by atoms with Crippen LogP contribution in [0.4, 0.5) is 0 Å². The van der Waals surface area contributed by atoms with E-state index < -0.39 is 39.2 Å².